The van der Waals surface area contributed by atoms with Crippen LogP contribution in [0.3, 0.4) is 0 Å². The van der Waals surface area contributed by atoms with Gasteiger partial charge in [0, 0.05) is 0 Å². The fraction of sp³-hybridized carbons (Fsp3) is 0.192. The molecule has 1 atom stereocenters. The highest BCUT2D eigenvalue weighted by molar-refractivity contribution is 5.95. The average molecular weight is 428 g/mol. The van der Waals surface area contributed by atoms with Gasteiger partial charge in [-0.1, -0.05) is 49.4 Å². The smallest absolute Gasteiger partial charge is 0.338 e. The first-order valence-corrected chi connectivity index (χ1v) is 10.7. The molecule has 4 rings (SSSR count). The van der Waals surface area contributed by atoms with Crippen molar-refractivity contribution in [1.29, 1.82) is 0 Å². The molecular formula is C26H25N3O3. The highest BCUT2D eigenvalue weighted by Gasteiger charge is 2.19. The van der Waals surface area contributed by atoms with Crippen LogP contribution in [-0.2, 0) is 4.74 Å². The van der Waals surface area contributed by atoms with Crippen LogP contribution in [0.2, 0.25) is 0 Å². The number of hydrogen-bond acceptors (Lipinski definition) is 5. The molecule has 1 aromatic heterocycles. The van der Waals surface area contributed by atoms with Crippen LogP contribution in [0.5, 0.6) is 0 Å². The Morgan fingerprint density at radius 3 is 2.38 bits per heavy atom. The lowest BCUT2D eigenvalue weighted by Crippen LogP contribution is -2.28. The van der Waals surface area contributed by atoms with E-state index in [0.29, 0.717) is 35.3 Å². The molecule has 4 aromatic rings. The van der Waals surface area contributed by atoms with Gasteiger partial charge in [-0.3, -0.25) is 9.36 Å². The van der Waals surface area contributed by atoms with Gasteiger partial charge in [0.1, 0.15) is 5.82 Å². The largest absolute Gasteiger partial charge is 0.462 e. The number of ether oxygens (including phenoxy) is 1. The van der Waals surface area contributed by atoms with Crippen LogP contribution < -0.4 is 11.3 Å². The molecule has 0 unspecified atom stereocenters. The minimum Gasteiger partial charge on any atom is -0.462 e. The van der Waals surface area contributed by atoms with E-state index in [2.05, 4.69) is 0 Å². The Bertz CT molecular complexity index is 1310. The number of fused-ring (bicyclic) bond motifs is 1. The molecule has 0 saturated heterocycles. The summed E-state index contributed by atoms with van der Waals surface area (Å²) in [5.74, 6) is 0.161. The first-order valence-electron chi connectivity index (χ1n) is 10.7. The lowest BCUT2D eigenvalue weighted by atomic mass is 9.99. The van der Waals surface area contributed by atoms with E-state index >= 15 is 0 Å². The molecule has 0 radical (unpaired) electrons. The van der Waals surface area contributed by atoms with Crippen molar-refractivity contribution < 1.29 is 9.53 Å². The highest BCUT2D eigenvalue weighted by atomic mass is 16.5. The number of nitrogens with zero attached hydrogens (tertiary/aromatic N) is 2. The van der Waals surface area contributed by atoms with Crippen molar-refractivity contribution in [3.8, 4) is 16.8 Å². The van der Waals surface area contributed by atoms with Gasteiger partial charge < -0.3 is 10.5 Å². The molecule has 0 saturated carbocycles. The maximum absolute atomic E-state index is 13.8. The molecule has 0 aliphatic heterocycles. The number of aromatic nitrogens is 2. The number of carbonyl (C=O) groups excluding carboxylic acids is 1. The van der Waals surface area contributed by atoms with E-state index in [1.807, 2.05) is 67.6 Å². The van der Waals surface area contributed by atoms with Crippen LogP contribution in [0.1, 0.15) is 42.5 Å². The van der Waals surface area contributed by atoms with Crippen molar-refractivity contribution in [2.75, 3.05) is 6.61 Å². The third kappa shape index (κ3) is 3.92. The van der Waals surface area contributed by atoms with Crippen LogP contribution in [0.15, 0.2) is 77.6 Å². The summed E-state index contributed by atoms with van der Waals surface area (Å²) < 4.78 is 6.66. The van der Waals surface area contributed by atoms with Gasteiger partial charge in [-0.2, -0.15) is 0 Å². The summed E-state index contributed by atoms with van der Waals surface area (Å²) in [6.07, 6.45) is 0.653. The lowest BCUT2D eigenvalue weighted by molar-refractivity contribution is 0.0526. The van der Waals surface area contributed by atoms with Crippen LogP contribution in [0.25, 0.3) is 27.7 Å². The molecule has 3 aromatic carbocycles. The van der Waals surface area contributed by atoms with Crippen LogP contribution in [-0.4, -0.2) is 22.1 Å². The predicted octanol–water partition coefficient (Wildman–Crippen LogP) is 4.64. The number of esters is 1. The zero-order chi connectivity index (χ0) is 22.7. The molecule has 6 heteroatoms. The summed E-state index contributed by atoms with van der Waals surface area (Å²) in [4.78, 5) is 30.6. The summed E-state index contributed by atoms with van der Waals surface area (Å²) in [6.45, 7) is 4.06. The fourth-order valence-corrected chi connectivity index (χ4v) is 3.75. The van der Waals surface area contributed by atoms with Gasteiger partial charge in [0.15, 0.2) is 0 Å². The van der Waals surface area contributed by atoms with Gasteiger partial charge in [-0.25, -0.2) is 9.78 Å². The molecule has 1 heterocycles. The molecule has 0 aliphatic carbocycles. The maximum atomic E-state index is 13.8. The Labute approximate surface area is 186 Å². The van der Waals surface area contributed by atoms with E-state index in [1.54, 1.807) is 23.6 Å². The minimum absolute atomic E-state index is 0.176. The maximum Gasteiger partial charge on any atom is 0.338 e. The lowest BCUT2D eigenvalue weighted by Gasteiger charge is -2.18. The van der Waals surface area contributed by atoms with Crippen molar-refractivity contribution in [2.45, 2.75) is 26.3 Å². The van der Waals surface area contributed by atoms with E-state index in [9.17, 15) is 9.59 Å². The second-order valence-corrected chi connectivity index (χ2v) is 7.46. The molecule has 162 valence electrons. The molecular weight excluding hydrogens is 402 g/mol. The standard InChI is InChI=1S/C26H25N3O3/c1-3-21(27)24-28-22-12-8-11-20(17-13-15-18(16-14-17)26(31)32-4-2)23(22)25(30)29(24)19-9-6-5-7-10-19/h5-16,21H,3-4,27H2,1-2H3/t21-/m0/s1. The van der Waals surface area contributed by atoms with E-state index in [1.165, 1.54) is 0 Å². The number of nitrogens with two attached hydrogens (primary N) is 1. The van der Waals surface area contributed by atoms with Crippen molar-refractivity contribution in [3.63, 3.8) is 0 Å². The SMILES string of the molecule is CCOC(=O)c1ccc(-c2cccc3nc([C@@H](N)CC)n(-c4ccccc4)c(=O)c23)cc1. The molecule has 0 aliphatic rings. The Kier molecular flexibility index (Phi) is 6.14. The Morgan fingerprint density at radius 1 is 1.00 bits per heavy atom. The van der Waals surface area contributed by atoms with Gasteiger partial charge in [-0.15, -0.1) is 0 Å². The third-order valence-electron chi connectivity index (χ3n) is 5.42. The molecule has 0 amide bonds. The van der Waals surface area contributed by atoms with E-state index in [-0.39, 0.29) is 17.6 Å². The highest BCUT2D eigenvalue weighted by Crippen LogP contribution is 2.28. The van der Waals surface area contributed by atoms with Crippen molar-refractivity contribution in [2.24, 2.45) is 5.73 Å². The number of hydrogen-bond donors (Lipinski definition) is 1. The summed E-state index contributed by atoms with van der Waals surface area (Å²) in [5.41, 5.74) is 9.51. The summed E-state index contributed by atoms with van der Waals surface area (Å²) >= 11 is 0. The normalized spacial score (nSPS) is 12.0. The fourth-order valence-electron chi connectivity index (χ4n) is 3.75. The molecule has 6 nitrogen and oxygen atoms in total. The van der Waals surface area contributed by atoms with Crippen LogP contribution in [0, 0.1) is 0 Å². The number of carbonyl (C=O) groups is 1. The second-order valence-electron chi connectivity index (χ2n) is 7.46. The van der Waals surface area contributed by atoms with Crippen molar-refractivity contribution in [3.05, 3.63) is 94.5 Å². The first-order chi connectivity index (χ1) is 15.5. The van der Waals surface area contributed by atoms with E-state index < -0.39 is 0 Å². The monoisotopic (exact) mass is 427 g/mol. The number of benzene rings is 3. The zero-order valence-corrected chi connectivity index (χ0v) is 18.1. The van der Waals surface area contributed by atoms with E-state index in [0.717, 1.165) is 16.8 Å². The average Bonchev–Trinajstić information content (AvgIpc) is 2.83. The predicted molar refractivity (Wildman–Crippen MR) is 126 cm³/mol. The van der Waals surface area contributed by atoms with Gasteiger partial charge in [0.25, 0.3) is 5.56 Å². The molecule has 32 heavy (non-hydrogen) atoms. The molecule has 0 spiro atoms. The van der Waals surface area contributed by atoms with Gasteiger partial charge in [-0.05, 0) is 54.8 Å². The van der Waals surface area contributed by atoms with Crippen LogP contribution in [0.4, 0.5) is 0 Å². The zero-order valence-electron chi connectivity index (χ0n) is 18.1. The second kappa shape index (κ2) is 9.16. The van der Waals surface area contributed by atoms with Crippen molar-refractivity contribution in [1.82, 2.24) is 9.55 Å². The molecule has 0 bridgehead atoms. The summed E-state index contributed by atoms with van der Waals surface area (Å²) in [7, 11) is 0. The van der Waals surface area contributed by atoms with Crippen molar-refractivity contribution >= 4 is 16.9 Å². The quantitative estimate of drug-likeness (QED) is 0.453. The Balaban J connectivity index is 1.95. The third-order valence-corrected chi connectivity index (χ3v) is 5.42. The van der Waals surface area contributed by atoms with E-state index in [4.69, 9.17) is 15.5 Å². The molecule has 2 N–H and O–H groups in total. The summed E-state index contributed by atoms with van der Waals surface area (Å²) in [5, 5.41) is 0.507. The topological polar surface area (TPSA) is 87.2 Å². The number of rotatable bonds is 6. The van der Waals surface area contributed by atoms with Gasteiger partial charge >= 0.3 is 5.97 Å². The Morgan fingerprint density at radius 2 is 1.72 bits per heavy atom. The minimum atomic E-state index is -0.375. The van der Waals surface area contributed by atoms with Gasteiger partial charge in [0.05, 0.1) is 34.8 Å². The number of para-hydroxylation sites is 1. The first kappa shape index (κ1) is 21.5. The summed E-state index contributed by atoms with van der Waals surface area (Å²) in [6, 6.07) is 21.7. The van der Waals surface area contributed by atoms with Gasteiger partial charge in [0.2, 0.25) is 0 Å². The molecule has 0 fully saturated rings. The van der Waals surface area contributed by atoms with Crippen LogP contribution >= 0.6 is 0 Å². The Hall–Kier alpha value is -3.77.